The zero-order valence-corrected chi connectivity index (χ0v) is 13.0. The van der Waals surface area contributed by atoms with Gasteiger partial charge >= 0.3 is 0 Å². The molecule has 0 fully saturated rings. The molecule has 0 unspecified atom stereocenters. The first-order valence-corrected chi connectivity index (χ1v) is 7.10. The molecule has 3 nitrogen and oxygen atoms in total. The van der Waals surface area contributed by atoms with E-state index in [0.717, 1.165) is 10.0 Å². The van der Waals surface area contributed by atoms with Gasteiger partial charge in [0.25, 0.3) is 0 Å². The van der Waals surface area contributed by atoms with E-state index < -0.39 is 0 Å². The molecule has 0 aliphatic heterocycles. The summed E-state index contributed by atoms with van der Waals surface area (Å²) in [7, 11) is 1.55. The summed E-state index contributed by atoms with van der Waals surface area (Å²) in [6.07, 6.45) is 0. The molecular weight excluding hydrogens is 342 g/mol. The molecule has 0 bridgehead atoms. The van der Waals surface area contributed by atoms with E-state index in [9.17, 15) is 0 Å². The minimum Gasteiger partial charge on any atom is -0.497 e. The minimum atomic E-state index is 0.429. The summed E-state index contributed by atoms with van der Waals surface area (Å²) in [5, 5.41) is 8.98. The number of nitriles is 1. The van der Waals surface area contributed by atoms with Gasteiger partial charge in [0.2, 0.25) is 0 Å². The van der Waals surface area contributed by atoms with Crippen LogP contribution in [0.5, 0.6) is 17.2 Å². The van der Waals surface area contributed by atoms with Crippen molar-refractivity contribution in [3.63, 3.8) is 0 Å². The average molecular weight is 353 g/mol. The van der Waals surface area contributed by atoms with Crippen LogP contribution in [0.3, 0.4) is 0 Å². The van der Waals surface area contributed by atoms with E-state index in [-0.39, 0.29) is 0 Å². The second-order valence-corrected chi connectivity index (χ2v) is 5.12. The highest BCUT2D eigenvalue weighted by atomic mass is 79.9. The molecule has 5 heteroatoms. The van der Waals surface area contributed by atoms with Gasteiger partial charge in [-0.1, -0.05) is 22.0 Å². The maximum absolute atomic E-state index is 8.98. The van der Waals surface area contributed by atoms with E-state index >= 15 is 0 Å². The van der Waals surface area contributed by atoms with Crippen LogP contribution in [0.15, 0.2) is 40.9 Å². The third-order valence-electron chi connectivity index (χ3n) is 2.65. The van der Waals surface area contributed by atoms with Crippen LogP contribution in [0, 0.1) is 11.3 Å². The lowest BCUT2D eigenvalue weighted by Crippen LogP contribution is -1.90. The Morgan fingerprint density at radius 3 is 2.50 bits per heavy atom. The van der Waals surface area contributed by atoms with E-state index in [1.807, 2.05) is 18.2 Å². The highest BCUT2D eigenvalue weighted by Crippen LogP contribution is 2.30. The monoisotopic (exact) mass is 351 g/mol. The van der Waals surface area contributed by atoms with Crippen LogP contribution >= 0.6 is 27.5 Å². The van der Waals surface area contributed by atoms with Crippen molar-refractivity contribution in [3.05, 3.63) is 52.0 Å². The molecule has 0 N–H and O–H groups in total. The molecule has 0 radical (unpaired) electrons. The van der Waals surface area contributed by atoms with Crippen molar-refractivity contribution < 1.29 is 9.47 Å². The van der Waals surface area contributed by atoms with E-state index in [0.29, 0.717) is 28.7 Å². The smallest absolute Gasteiger partial charge is 0.132 e. The largest absolute Gasteiger partial charge is 0.497 e. The Kier molecular flexibility index (Phi) is 4.89. The van der Waals surface area contributed by atoms with Crippen molar-refractivity contribution in [1.29, 1.82) is 5.26 Å². The molecule has 0 saturated heterocycles. The summed E-state index contributed by atoms with van der Waals surface area (Å²) in [4.78, 5) is 0. The summed E-state index contributed by atoms with van der Waals surface area (Å²) in [6.45, 7) is 0. The number of hydrogen-bond acceptors (Lipinski definition) is 3. The minimum absolute atomic E-state index is 0.429. The van der Waals surface area contributed by atoms with Crippen LogP contribution in [0.1, 0.15) is 11.1 Å². The molecule has 0 heterocycles. The number of ether oxygens (including phenoxy) is 2. The van der Waals surface area contributed by atoms with Crippen LogP contribution in [-0.2, 0) is 5.88 Å². The van der Waals surface area contributed by atoms with Gasteiger partial charge in [-0.25, -0.2) is 0 Å². The predicted octanol–water partition coefficient (Wildman–Crippen LogP) is 4.86. The fourth-order valence-electron chi connectivity index (χ4n) is 1.65. The molecule has 0 atom stereocenters. The summed E-state index contributed by atoms with van der Waals surface area (Å²) >= 11 is 9.24. The van der Waals surface area contributed by atoms with Crippen LogP contribution in [0.4, 0.5) is 0 Å². The van der Waals surface area contributed by atoms with Crippen molar-refractivity contribution in [2.75, 3.05) is 7.11 Å². The molecule has 0 saturated carbocycles. The van der Waals surface area contributed by atoms with Gasteiger partial charge in [-0.2, -0.15) is 5.26 Å². The number of methoxy groups -OCH3 is 1. The molecule has 2 aromatic rings. The van der Waals surface area contributed by atoms with Gasteiger partial charge < -0.3 is 9.47 Å². The first kappa shape index (κ1) is 14.7. The lowest BCUT2D eigenvalue weighted by molar-refractivity contribution is 0.409. The normalized spacial score (nSPS) is 9.90. The molecule has 0 aliphatic carbocycles. The third kappa shape index (κ3) is 3.44. The summed E-state index contributed by atoms with van der Waals surface area (Å²) in [5.74, 6) is 2.21. The van der Waals surface area contributed by atoms with Crippen molar-refractivity contribution in [2.45, 2.75) is 5.88 Å². The Morgan fingerprint density at radius 1 is 1.15 bits per heavy atom. The molecule has 20 heavy (non-hydrogen) atoms. The number of nitrogens with zero attached hydrogens (tertiary/aromatic N) is 1. The van der Waals surface area contributed by atoms with Gasteiger partial charge in [-0.05, 0) is 29.8 Å². The Bertz CT molecular complexity index is 667. The van der Waals surface area contributed by atoms with Gasteiger partial charge in [0.15, 0.2) is 0 Å². The predicted molar refractivity (Wildman–Crippen MR) is 81.5 cm³/mol. The van der Waals surface area contributed by atoms with Crippen LogP contribution < -0.4 is 9.47 Å². The summed E-state index contributed by atoms with van der Waals surface area (Å²) in [6, 6.07) is 12.7. The Morgan fingerprint density at radius 2 is 1.90 bits per heavy atom. The molecule has 2 rings (SSSR count). The zero-order valence-electron chi connectivity index (χ0n) is 10.7. The van der Waals surface area contributed by atoms with E-state index in [4.69, 9.17) is 26.3 Å². The molecule has 102 valence electrons. The van der Waals surface area contributed by atoms with Crippen LogP contribution in [0.25, 0.3) is 0 Å². The second kappa shape index (κ2) is 6.65. The fourth-order valence-corrected chi connectivity index (χ4v) is 2.54. The highest BCUT2D eigenvalue weighted by Gasteiger charge is 2.06. The maximum atomic E-state index is 8.98. The molecule has 0 amide bonds. The van der Waals surface area contributed by atoms with Crippen molar-refractivity contribution in [3.8, 4) is 23.3 Å². The Hall–Kier alpha value is -1.70. The van der Waals surface area contributed by atoms with Crippen molar-refractivity contribution in [2.24, 2.45) is 0 Å². The topological polar surface area (TPSA) is 42.2 Å². The lowest BCUT2D eigenvalue weighted by atomic mass is 10.2. The molecular formula is C15H11BrClNO2. The molecule has 0 aliphatic rings. The van der Waals surface area contributed by atoms with Gasteiger partial charge in [-0.3, -0.25) is 0 Å². The quantitative estimate of drug-likeness (QED) is 0.738. The van der Waals surface area contributed by atoms with Crippen molar-refractivity contribution >= 4 is 27.5 Å². The standard InChI is InChI=1S/C15H11BrClNO2/c1-19-13-4-10(9-18)5-14(6-13)20-12-3-2-11(8-17)15(16)7-12/h2-7H,8H2,1H3. The van der Waals surface area contributed by atoms with Crippen molar-refractivity contribution in [1.82, 2.24) is 0 Å². The number of rotatable bonds is 4. The Labute approximate surface area is 130 Å². The highest BCUT2D eigenvalue weighted by molar-refractivity contribution is 9.10. The van der Waals surface area contributed by atoms with E-state index in [2.05, 4.69) is 22.0 Å². The third-order valence-corrected chi connectivity index (χ3v) is 3.68. The van der Waals surface area contributed by atoms with Gasteiger partial charge in [0.05, 0.1) is 18.7 Å². The number of hydrogen-bond donors (Lipinski definition) is 0. The van der Waals surface area contributed by atoms with Gasteiger partial charge in [0, 0.05) is 16.4 Å². The molecule has 0 spiro atoms. The zero-order chi connectivity index (χ0) is 14.5. The summed E-state index contributed by atoms with van der Waals surface area (Å²) in [5.41, 5.74) is 1.47. The number of alkyl halides is 1. The molecule has 2 aromatic carbocycles. The second-order valence-electron chi connectivity index (χ2n) is 4.00. The van der Waals surface area contributed by atoms with Gasteiger partial charge in [-0.15, -0.1) is 11.6 Å². The van der Waals surface area contributed by atoms with E-state index in [1.165, 1.54) is 0 Å². The number of benzene rings is 2. The van der Waals surface area contributed by atoms with E-state index in [1.54, 1.807) is 25.3 Å². The summed E-state index contributed by atoms with van der Waals surface area (Å²) < 4.78 is 11.8. The Balaban J connectivity index is 2.30. The maximum Gasteiger partial charge on any atom is 0.132 e. The van der Waals surface area contributed by atoms with Gasteiger partial charge in [0.1, 0.15) is 17.2 Å². The SMILES string of the molecule is COc1cc(C#N)cc(Oc2ccc(CCl)c(Br)c2)c1. The first-order chi connectivity index (χ1) is 9.66. The fraction of sp³-hybridized carbons (Fsp3) is 0.133. The first-order valence-electron chi connectivity index (χ1n) is 5.77. The number of halogens is 2. The van der Waals surface area contributed by atoms with Crippen LogP contribution in [0.2, 0.25) is 0 Å². The average Bonchev–Trinajstić information content (AvgIpc) is 2.47. The molecule has 0 aromatic heterocycles. The lowest BCUT2D eigenvalue weighted by Gasteiger charge is -2.09. The van der Waals surface area contributed by atoms with Crippen LogP contribution in [-0.4, -0.2) is 7.11 Å².